The van der Waals surface area contributed by atoms with Gasteiger partial charge in [-0.05, 0) is 49.4 Å². The first-order valence-electron chi connectivity index (χ1n) is 7.11. The fraction of sp³-hybridized carbons (Fsp3) is 0.438. The van der Waals surface area contributed by atoms with Gasteiger partial charge in [0.05, 0.1) is 0 Å². The van der Waals surface area contributed by atoms with E-state index in [0.29, 0.717) is 5.52 Å². The Balaban J connectivity index is 2.13. The minimum atomic E-state index is -0.205. The minimum absolute atomic E-state index is 0.205. The molecular weight excluding hydrogens is 239 g/mol. The van der Waals surface area contributed by atoms with Gasteiger partial charge in [0.2, 0.25) is 0 Å². The highest BCUT2D eigenvalue weighted by atomic mass is 19.1. The molecule has 0 aliphatic heterocycles. The molecule has 1 aliphatic rings. The van der Waals surface area contributed by atoms with Gasteiger partial charge in [-0.25, -0.2) is 9.37 Å². The van der Waals surface area contributed by atoms with Crippen molar-refractivity contribution in [2.45, 2.75) is 39.2 Å². The molecule has 1 aromatic carbocycles. The number of para-hydroxylation sites is 1. The van der Waals surface area contributed by atoms with E-state index in [0.717, 1.165) is 49.9 Å². The molecule has 0 atom stereocenters. The Hall–Kier alpha value is -1.48. The fourth-order valence-corrected chi connectivity index (χ4v) is 2.94. The summed E-state index contributed by atoms with van der Waals surface area (Å²) in [6.07, 6.45) is 4.32. The third kappa shape index (κ3) is 2.23. The lowest BCUT2D eigenvalue weighted by Gasteiger charge is -2.13. The standard InChI is InChI=1S/C16H19FN2/c1-2-9-18-10-13-11-5-4-8-15(11)19-16-12(13)6-3-7-14(16)17/h3,6-7,18H,2,4-5,8-10H2,1H3. The first-order valence-corrected chi connectivity index (χ1v) is 7.11. The van der Waals surface area contributed by atoms with Crippen LogP contribution in [0.25, 0.3) is 10.9 Å². The number of halogens is 1. The summed E-state index contributed by atoms with van der Waals surface area (Å²) in [6, 6.07) is 5.27. The molecule has 0 saturated heterocycles. The van der Waals surface area contributed by atoms with Crippen molar-refractivity contribution in [3.05, 3.63) is 40.8 Å². The molecule has 3 heteroatoms. The predicted molar refractivity (Wildman–Crippen MR) is 75.7 cm³/mol. The van der Waals surface area contributed by atoms with Crippen LogP contribution in [0.3, 0.4) is 0 Å². The smallest absolute Gasteiger partial charge is 0.149 e. The number of aryl methyl sites for hydroxylation is 1. The number of fused-ring (bicyclic) bond motifs is 2. The molecule has 100 valence electrons. The van der Waals surface area contributed by atoms with Gasteiger partial charge < -0.3 is 5.32 Å². The minimum Gasteiger partial charge on any atom is -0.313 e. The molecule has 1 N–H and O–H groups in total. The van der Waals surface area contributed by atoms with Crippen LogP contribution in [-0.4, -0.2) is 11.5 Å². The molecule has 0 unspecified atom stereocenters. The highest BCUT2D eigenvalue weighted by Crippen LogP contribution is 2.30. The maximum absolute atomic E-state index is 13.9. The Morgan fingerprint density at radius 3 is 3.05 bits per heavy atom. The number of rotatable bonds is 4. The molecule has 1 aliphatic carbocycles. The first kappa shape index (κ1) is 12.5. The lowest BCUT2D eigenvalue weighted by atomic mass is 10.0. The normalized spacial score (nSPS) is 14.0. The van der Waals surface area contributed by atoms with E-state index in [2.05, 4.69) is 17.2 Å². The van der Waals surface area contributed by atoms with Crippen molar-refractivity contribution in [3.63, 3.8) is 0 Å². The van der Waals surface area contributed by atoms with E-state index in [9.17, 15) is 4.39 Å². The highest BCUT2D eigenvalue weighted by molar-refractivity contribution is 5.84. The molecular formula is C16H19FN2. The Morgan fingerprint density at radius 2 is 2.21 bits per heavy atom. The SMILES string of the molecule is CCCNCc1c2c(nc3c(F)cccc13)CCC2. The van der Waals surface area contributed by atoms with Crippen molar-refractivity contribution in [2.75, 3.05) is 6.54 Å². The maximum Gasteiger partial charge on any atom is 0.149 e. The lowest BCUT2D eigenvalue weighted by molar-refractivity contribution is 0.635. The van der Waals surface area contributed by atoms with Crippen LogP contribution < -0.4 is 5.32 Å². The lowest BCUT2D eigenvalue weighted by Crippen LogP contribution is -2.16. The highest BCUT2D eigenvalue weighted by Gasteiger charge is 2.20. The predicted octanol–water partition coefficient (Wildman–Crippen LogP) is 3.36. The average Bonchev–Trinajstić information content (AvgIpc) is 2.87. The molecule has 1 heterocycles. The summed E-state index contributed by atoms with van der Waals surface area (Å²) >= 11 is 0. The zero-order chi connectivity index (χ0) is 13.2. The van der Waals surface area contributed by atoms with Crippen LogP contribution in [0.1, 0.15) is 36.6 Å². The Morgan fingerprint density at radius 1 is 1.32 bits per heavy atom. The number of benzene rings is 1. The molecule has 19 heavy (non-hydrogen) atoms. The maximum atomic E-state index is 13.9. The van der Waals surface area contributed by atoms with Gasteiger partial charge >= 0.3 is 0 Å². The monoisotopic (exact) mass is 258 g/mol. The van der Waals surface area contributed by atoms with E-state index in [1.807, 2.05) is 6.07 Å². The number of hydrogen-bond acceptors (Lipinski definition) is 2. The zero-order valence-electron chi connectivity index (χ0n) is 11.3. The number of pyridine rings is 1. The van der Waals surface area contributed by atoms with Crippen LogP contribution >= 0.6 is 0 Å². The van der Waals surface area contributed by atoms with Crippen molar-refractivity contribution < 1.29 is 4.39 Å². The molecule has 0 spiro atoms. The summed E-state index contributed by atoms with van der Waals surface area (Å²) in [4.78, 5) is 4.54. The van der Waals surface area contributed by atoms with Crippen LogP contribution in [0.15, 0.2) is 18.2 Å². The Kier molecular flexibility index (Phi) is 3.47. The van der Waals surface area contributed by atoms with Crippen LogP contribution in [-0.2, 0) is 19.4 Å². The summed E-state index contributed by atoms with van der Waals surface area (Å²) in [5.41, 5.74) is 4.24. The molecule has 0 fully saturated rings. The van der Waals surface area contributed by atoms with Gasteiger partial charge in [0.25, 0.3) is 0 Å². The van der Waals surface area contributed by atoms with Crippen molar-refractivity contribution in [1.29, 1.82) is 0 Å². The van der Waals surface area contributed by atoms with Gasteiger partial charge in [-0.1, -0.05) is 19.1 Å². The van der Waals surface area contributed by atoms with Crippen molar-refractivity contribution in [2.24, 2.45) is 0 Å². The molecule has 2 nitrogen and oxygen atoms in total. The molecule has 0 bridgehead atoms. The van der Waals surface area contributed by atoms with E-state index < -0.39 is 0 Å². The van der Waals surface area contributed by atoms with Crippen molar-refractivity contribution in [1.82, 2.24) is 10.3 Å². The van der Waals surface area contributed by atoms with Gasteiger partial charge in [0.1, 0.15) is 11.3 Å². The summed E-state index contributed by atoms with van der Waals surface area (Å²) in [6.45, 7) is 3.97. The van der Waals surface area contributed by atoms with Gasteiger partial charge in [-0.3, -0.25) is 0 Å². The third-order valence-electron chi connectivity index (χ3n) is 3.84. The topological polar surface area (TPSA) is 24.9 Å². The fourth-order valence-electron chi connectivity index (χ4n) is 2.94. The van der Waals surface area contributed by atoms with Crippen molar-refractivity contribution in [3.8, 4) is 0 Å². The van der Waals surface area contributed by atoms with Crippen molar-refractivity contribution >= 4 is 10.9 Å². The third-order valence-corrected chi connectivity index (χ3v) is 3.84. The number of nitrogens with one attached hydrogen (secondary N) is 1. The summed E-state index contributed by atoms with van der Waals surface area (Å²) < 4.78 is 13.9. The largest absolute Gasteiger partial charge is 0.313 e. The van der Waals surface area contributed by atoms with E-state index in [1.54, 1.807) is 6.07 Å². The van der Waals surface area contributed by atoms with Crippen LogP contribution in [0.4, 0.5) is 4.39 Å². The van der Waals surface area contributed by atoms with Gasteiger partial charge in [-0.15, -0.1) is 0 Å². The second-order valence-electron chi connectivity index (χ2n) is 5.18. The average molecular weight is 258 g/mol. The summed E-state index contributed by atoms with van der Waals surface area (Å²) in [5, 5.41) is 4.42. The van der Waals surface area contributed by atoms with Gasteiger partial charge in [0.15, 0.2) is 0 Å². The molecule has 2 aromatic rings. The van der Waals surface area contributed by atoms with Gasteiger partial charge in [0, 0.05) is 17.6 Å². The molecule has 0 amide bonds. The molecule has 0 radical (unpaired) electrons. The van der Waals surface area contributed by atoms with Crippen LogP contribution in [0.2, 0.25) is 0 Å². The van der Waals surface area contributed by atoms with E-state index in [-0.39, 0.29) is 5.82 Å². The van der Waals surface area contributed by atoms with Crippen LogP contribution in [0, 0.1) is 5.82 Å². The van der Waals surface area contributed by atoms with E-state index in [4.69, 9.17) is 0 Å². The van der Waals surface area contributed by atoms with Gasteiger partial charge in [-0.2, -0.15) is 0 Å². The second-order valence-corrected chi connectivity index (χ2v) is 5.18. The van der Waals surface area contributed by atoms with E-state index >= 15 is 0 Å². The Bertz CT molecular complexity index is 607. The zero-order valence-corrected chi connectivity index (χ0v) is 11.3. The molecule has 1 aromatic heterocycles. The first-order chi connectivity index (χ1) is 9.31. The van der Waals surface area contributed by atoms with E-state index in [1.165, 1.54) is 17.2 Å². The van der Waals surface area contributed by atoms with Crippen LogP contribution in [0.5, 0.6) is 0 Å². The molecule has 0 saturated carbocycles. The quantitative estimate of drug-likeness (QED) is 0.851. The second kappa shape index (κ2) is 5.25. The molecule has 3 rings (SSSR count). The number of nitrogens with zero attached hydrogens (tertiary/aromatic N) is 1. The Labute approximate surface area is 113 Å². The number of hydrogen-bond donors (Lipinski definition) is 1. The summed E-state index contributed by atoms with van der Waals surface area (Å²) in [7, 11) is 0. The number of aromatic nitrogens is 1. The summed E-state index contributed by atoms with van der Waals surface area (Å²) in [5.74, 6) is -0.205.